The molecule has 4 rings (SSSR count). The van der Waals surface area contributed by atoms with Crippen LogP contribution in [-0.4, -0.2) is 4.57 Å². The van der Waals surface area contributed by atoms with Gasteiger partial charge in [-0.15, -0.1) is 0 Å². The van der Waals surface area contributed by atoms with Crippen LogP contribution in [-0.2, 0) is 12.8 Å². The topological polar surface area (TPSA) is 17.0 Å². The van der Waals surface area contributed by atoms with E-state index >= 15 is 0 Å². The smallest absolute Gasteiger partial charge is 0.0470 e. The Morgan fingerprint density at radius 1 is 0.704 bits per heavy atom. The fourth-order valence-electron chi connectivity index (χ4n) is 3.30. The Balaban J connectivity index is 1.51. The number of aromatic nitrogens is 1. The number of anilines is 2. The van der Waals surface area contributed by atoms with Crippen LogP contribution in [0.25, 0.3) is 5.69 Å². The zero-order valence-corrected chi connectivity index (χ0v) is 15.6. The standard InChI is InChI=1S/C25H24N2/c1-20-12-13-22(15-14-21-8-3-2-4-9-21)18-25(20)26-23-10-7-11-24(19-23)27-16-5-6-17-27/h2-13,16-19,26H,14-15H2,1H3. The number of rotatable bonds is 6. The lowest BCUT2D eigenvalue weighted by Crippen LogP contribution is -1.98. The Kier molecular flexibility index (Phi) is 5.06. The maximum Gasteiger partial charge on any atom is 0.0470 e. The van der Waals surface area contributed by atoms with Gasteiger partial charge in [0.15, 0.2) is 0 Å². The molecular weight excluding hydrogens is 328 g/mol. The summed E-state index contributed by atoms with van der Waals surface area (Å²) in [6, 6.07) is 30.0. The molecule has 3 aromatic carbocycles. The highest BCUT2D eigenvalue weighted by Gasteiger charge is 2.04. The van der Waals surface area contributed by atoms with E-state index in [4.69, 9.17) is 0 Å². The minimum atomic E-state index is 1.04. The Morgan fingerprint density at radius 2 is 1.48 bits per heavy atom. The molecule has 2 nitrogen and oxygen atoms in total. The third-order valence-corrected chi connectivity index (χ3v) is 4.87. The van der Waals surface area contributed by atoms with Gasteiger partial charge in [-0.3, -0.25) is 0 Å². The molecule has 0 radical (unpaired) electrons. The molecule has 0 aliphatic carbocycles. The Hall–Kier alpha value is -3.26. The van der Waals surface area contributed by atoms with E-state index in [1.807, 2.05) is 12.1 Å². The first-order chi connectivity index (χ1) is 13.3. The summed E-state index contributed by atoms with van der Waals surface area (Å²) in [5.41, 5.74) is 7.42. The van der Waals surface area contributed by atoms with Crippen LogP contribution < -0.4 is 5.32 Å². The van der Waals surface area contributed by atoms with Crippen LogP contribution in [0.2, 0.25) is 0 Å². The maximum absolute atomic E-state index is 3.60. The van der Waals surface area contributed by atoms with Gasteiger partial charge in [0.05, 0.1) is 0 Å². The van der Waals surface area contributed by atoms with Gasteiger partial charge >= 0.3 is 0 Å². The molecule has 0 fully saturated rings. The van der Waals surface area contributed by atoms with Gasteiger partial charge in [-0.2, -0.15) is 0 Å². The summed E-state index contributed by atoms with van der Waals surface area (Å²) in [6.07, 6.45) is 6.23. The molecule has 0 aliphatic rings. The average molecular weight is 352 g/mol. The Labute approximate surface area is 161 Å². The summed E-state index contributed by atoms with van der Waals surface area (Å²) < 4.78 is 2.12. The van der Waals surface area contributed by atoms with Crippen LogP contribution >= 0.6 is 0 Å². The average Bonchev–Trinajstić information content (AvgIpc) is 3.25. The van der Waals surface area contributed by atoms with Crippen LogP contribution in [0.5, 0.6) is 0 Å². The largest absolute Gasteiger partial charge is 0.355 e. The summed E-state index contributed by atoms with van der Waals surface area (Å²) in [7, 11) is 0. The molecular formula is C25H24N2. The van der Waals surface area contributed by atoms with Gasteiger partial charge in [-0.05, 0) is 72.9 Å². The molecule has 27 heavy (non-hydrogen) atoms. The normalized spacial score (nSPS) is 10.7. The highest BCUT2D eigenvalue weighted by molar-refractivity contribution is 5.65. The molecule has 0 unspecified atom stereocenters. The van der Waals surface area contributed by atoms with Crippen molar-refractivity contribution >= 4 is 11.4 Å². The minimum absolute atomic E-state index is 1.04. The lowest BCUT2D eigenvalue weighted by atomic mass is 10.0. The second kappa shape index (κ2) is 7.96. The molecule has 1 aromatic heterocycles. The zero-order valence-electron chi connectivity index (χ0n) is 15.6. The molecule has 1 heterocycles. The van der Waals surface area contributed by atoms with E-state index < -0.39 is 0 Å². The summed E-state index contributed by atoms with van der Waals surface area (Å²) in [4.78, 5) is 0. The minimum Gasteiger partial charge on any atom is -0.355 e. The van der Waals surface area contributed by atoms with E-state index in [0.717, 1.165) is 24.2 Å². The predicted molar refractivity (Wildman–Crippen MR) is 114 cm³/mol. The number of aryl methyl sites for hydroxylation is 3. The second-order valence-electron chi connectivity index (χ2n) is 6.90. The molecule has 4 aromatic rings. The molecule has 134 valence electrons. The van der Waals surface area contributed by atoms with Crippen molar-refractivity contribution in [1.82, 2.24) is 4.57 Å². The highest BCUT2D eigenvalue weighted by atomic mass is 14.9. The number of hydrogen-bond donors (Lipinski definition) is 1. The molecule has 0 atom stereocenters. The quantitative estimate of drug-likeness (QED) is 0.430. The number of benzene rings is 3. The second-order valence-corrected chi connectivity index (χ2v) is 6.90. The summed E-state index contributed by atoms with van der Waals surface area (Å²) >= 11 is 0. The van der Waals surface area contributed by atoms with Crippen LogP contribution in [0, 0.1) is 6.92 Å². The molecule has 0 aliphatic heterocycles. The fourth-order valence-corrected chi connectivity index (χ4v) is 3.30. The van der Waals surface area contributed by atoms with E-state index in [2.05, 4.69) is 102 Å². The van der Waals surface area contributed by atoms with Crippen molar-refractivity contribution in [3.05, 3.63) is 114 Å². The van der Waals surface area contributed by atoms with Crippen molar-refractivity contribution in [3.8, 4) is 5.69 Å². The summed E-state index contributed by atoms with van der Waals surface area (Å²) in [5, 5.41) is 3.60. The molecule has 0 saturated carbocycles. The highest BCUT2D eigenvalue weighted by Crippen LogP contribution is 2.24. The lowest BCUT2D eigenvalue weighted by molar-refractivity contribution is 0.960. The van der Waals surface area contributed by atoms with Gasteiger partial charge in [0, 0.05) is 29.5 Å². The maximum atomic E-state index is 3.60. The third kappa shape index (κ3) is 4.29. The van der Waals surface area contributed by atoms with Gasteiger partial charge in [-0.1, -0.05) is 48.5 Å². The molecule has 0 spiro atoms. The first-order valence-corrected chi connectivity index (χ1v) is 9.42. The van der Waals surface area contributed by atoms with Crippen LogP contribution in [0.4, 0.5) is 11.4 Å². The molecule has 1 N–H and O–H groups in total. The first kappa shape index (κ1) is 17.2. The number of nitrogens with one attached hydrogen (secondary N) is 1. The van der Waals surface area contributed by atoms with Crippen LogP contribution in [0.3, 0.4) is 0 Å². The van der Waals surface area contributed by atoms with Crippen molar-refractivity contribution in [2.24, 2.45) is 0 Å². The molecule has 2 heteroatoms. The first-order valence-electron chi connectivity index (χ1n) is 9.42. The van der Waals surface area contributed by atoms with Gasteiger partial charge in [0.25, 0.3) is 0 Å². The predicted octanol–water partition coefficient (Wildman–Crippen LogP) is 6.31. The van der Waals surface area contributed by atoms with E-state index in [1.165, 1.54) is 22.4 Å². The van der Waals surface area contributed by atoms with E-state index in [9.17, 15) is 0 Å². The fraction of sp³-hybridized carbons (Fsp3) is 0.120. The van der Waals surface area contributed by atoms with Crippen molar-refractivity contribution in [1.29, 1.82) is 0 Å². The van der Waals surface area contributed by atoms with Crippen molar-refractivity contribution in [2.45, 2.75) is 19.8 Å². The molecule has 0 bridgehead atoms. The van der Waals surface area contributed by atoms with E-state index in [1.54, 1.807) is 0 Å². The molecule has 0 saturated heterocycles. The van der Waals surface area contributed by atoms with Crippen LogP contribution in [0.15, 0.2) is 97.3 Å². The summed E-state index contributed by atoms with van der Waals surface area (Å²) in [6.45, 7) is 2.15. The Morgan fingerprint density at radius 3 is 2.30 bits per heavy atom. The SMILES string of the molecule is Cc1ccc(CCc2ccccc2)cc1Nc1cccc(-n2cccc2)c1. The monoisotopic (exact) mass is 352 g/mol. The van der Waals surface area contributed by atoms with Crippen molar-refractivity contribution < 1.29 is 0 Å². The van der Waals surface area contributed by atoms with Crippen molar-refractivity contribution in [2.75, 3.05) is 5.32 Å². The summed E-state index contributed by atoms with van der Waals surface area (Å²) in [5.74, 6) is 0. The van der Waals surface area contributed by atoms with Gasteiger partial charge in [-0.25, -0.2) is 0 Å². The van der Waals surface area contributed by atoms with E-state index in [-0.39, 0.29) is 0 Å². The zero-order chi connectivity index (χ0) is 18.5. The van der Waals surface area contributed by atoms with Crippen LogP contribution in [0.1, 0.15) is 16.7 Å². The van der Waals surface area contributed by atoms with Gasteiger partial charge < -0.3 is 9.88 Å². The van der Waals surface area contributed by atoms with Gasteiger partial charge in [0.2, 0.25) is 0 Å². The van der Waals surface area contributed by atoms with Gasteiger partial charge in [0.1, 0.15) is 0 Å². The number of hydrogen-bond acceptors (Lipinski definition) is 1. The van der Waals surface area contributed by atoms with E-state index in [0.29, 0.717) is 0 Å². The third-order valence-electron chi connectivity index (χ3n) is 4.87. The Bertz CT molecular complexity index is 1000. The van der Waals surface area contributed by atoms with Crippen molar-refractivity contribution in [3.63, 3.8) is 0 Å². The lowest BCUT2D eigenvalue weighted by Gasteiger charge is -2.13. The molecule has 0 amide bonds. The number of nitrogens with zero attached hydrogens (tertiary/aromatic N) is 1.